The predicted molar refractivity (Wildman–Crippen MR) is 57.5 cm³/mol. The van der Waals surface area contributed by atoms with Crippen molar-refractivity contribution in [2.45, 2.75) is 39.7 Å². The Morgan fingerprint density at radius 2 is 1.93 bits per heavy atom. The van der Waals surface area contributed by atoms with Crippen LogP contribution in [0.25, 0.3) is 0 Å². The summed E-state index contributed by atoms with van der Waals surface area (Å²) >= 11 is 0. The summed E-state index contributed by atoms with van der Waals surface area (Å²) in [5.74, 6) is 0.224. The highest BCUT2D eigenvalue weighted by molar-refractivity contribution is 7.89. The van der Waals surface area contributed by atoms with E-state index in [1.165, 1.54) is 0 Å². The van der Waals surface area contributed by atoms with Crippen molar-refractivity contribution in [1.29, 1.82) is 0 Å². The summed E-state index contributed by atoms with van der Waals surface area (Å²) in [4.78, 5) is 0. The fraction of sp³-hybridized carbons (Fsp3) is 1.00. The molecule has 0 bridgehead atoms. The molecule has 0 rings (SSSR count). The van der Waals surface area contributed by atoms with Crippen molar-refractivity contribution in [3.8, 4) is 0 Å². The quantitative estimate of drug-likeness (QED) is 0.668. The van der Waals surface area contributed by atoms with E-state index in [1.807, 2.05) is 20.8 Å². The van der Waals surface area contributed by atoms with Crippen LogP contribution in [0.2, 0.25) is 0 Å². The van der Waals surface area contributed by atoms with Crippen LogP contribution in [0.15, 0.2) is 0 Å². The molecule has 0 spiro atoms. The first-order valence-electron chi connectivity index (χ1n) is 5.02. The average molecular weight is 223 g/mol. The Balaban J connectivity index is 3.87. The van der Waals surface area contributed by atoms with Gasteiger partial charge >= 0.3 is 0 Å². The zero-order valence-electron chi connectivity index (χ0n) is 9.16. The lowest BCUT2D eigenvalue weighted by Gasteiger charge is -2.12. The number of hydrogen-bond donors (Lipinski definition) is 2. The maximum absolute atomic E-state index is 11.3. The molecule has 0 saturated carbocycles. The zero-order chi connectivity index (χ0) is 11.2. The van der Waals surface area contributed by atoms with Crippen LogP contribution in [0.5, 0.6) is 0 Å². The highest BCUT2D eigenvalue weighted by Crippen LogP contribution is 1.99. The molecular weight excluding hydrogens is 202 g/mol. The van der Waals surface area contributed by atoms with Gasteiger partial charge in [-0.25, -0.2) is 13.1 Å². The van der Waals surface area contributed by atoms with Crippen LogP contribution in [0.1, 0.15) is 33.6 Å². The van der Waals surface area contributed by atoms with Gasteiger partial charge in [-0.15, -0.1) is 0 Å². The molecule has 4 nitrogen and oxygen atoms in total. The molecule has 0 amide bonds. The van der Waals surface area contributed by atoms with Crippen LogP contribution in [0.3, 0.4) is 0 Å². The van der Waals surface area contributed by atoms with Gasteiger partial charge in [-0.3, -0.25) is 0 Å². The van der Waals surface area contributed by atoms with Gasteiger partial charge in [-0.1, -0.05) is 27.2 Å². The third-order valence-electron chi connectivity index (χ3n) is 1.71. The molecular formula is C9H21NO3S. The van der Waals surface area contributed by atoms with Gasteiger partial charge in [-0.05, 0) is 12.3 Å². The molecule has 2 N–H and O–H groups in total. The minimum atomic E-state index is -3.20. The van der Waals surface area contributed by atoms with Crippen LogP contribution < -0.4 is 4.72 Å². The van der Waals surface area contributed by atoms with Crippen molar-refractivity contribution in [1.82, 2.24) is 4.72 Å². The standard InChI is InChI=1S/C9H21NO3S/c1-4-5-9(11)6-10-14(12,13)7-8(2)3/h8-11H,4-7H2,1-3H3. The van der Waals surface area contributed by atoms with Gasteiger partial charge in [0.2, 0.25) is 10.0 Å². The summed E-state index contributed by atoms with van der Waals surface area (Å²) in [7, 11) is -3.20. The molecule has 0 aliphatic heterocycles. The summed E-state index contributed by atoms with van der Waals surface area (Å²) < 4.78 is 25.1. The van der Waals surface area contributed by atoms with E-state index in [0.29, 0.717) is 6.42 Å². The molecule has 86 valence electrons. The van der Waals surface area contributed by atoms with Gasteiger partial charge in [-0.2, -0.15) is 0 Å². The first-order valence-corrected chi connectivity index (χ1v) is 6.68. The van der Waals surface area contributed by atoms with Crippen molar-refractivity contribution in [2.24, 2.45) is 5.92 Å². The van der Waals surface area contributed by atoms with E-state index >= 15 is 0 Å². The normalized spacial score (nSPS) is 14.6. The highest BCUT2D eigenvalue weighted by Gasteiger charge is 2.13. The predicted octanol–water partition coefficient (Wildman–Crippen LogP) is 0.723. The summed E-state index contributed by atoms with van der Waals surface area (Å²) in [5.41, 5.74) is 0. The van der Waals surface area contributed by atoms with Crippen molar-refractivity contribution >= 4 is 10.0 Å². The Labute approximate surface area is 86.8 Å². The molecule has 0 aliphatic rings. The lowest BCUT2D eigenvalue weighted by molar-refractivity contribution is 0.167. The van der Waals surface area contributed by atoms with Crippen molar-refractivity contribution in [3.05, 3.63) is 0 Å². The number of sulfonamides is 1. The molecule has 1 atom stereocenters. The number of rotatable bonds is 7. The third-order valence-corrected chi connectivity index (χ3v) is 3.43. The summed E-state index contributed by atoms with van der Waals surface area (Å²) in [6.45, 7) is 5.78. The van der Waals surface area contributed by atoms with E-state index < -0.39 is 16.1 Å². The summed E-state index contributed by atoms with van der Waals surface area (Å²) in [6.07, 6.45) is 0.916. The smallest absolute Gasteiger partial charge is 0.211 e. The molecule has 1 unspecified atom stereocenters. The molecule has 0 heterocycles. The van der Waals surface area contributed by atoms with Crippen molar-refractivity contribution in [2.75, 3.05) is 12.3 Å². The second-order valence-electron chi connectivity index (χ2n) is 3.97. The monoisotopic (exact) mass is 223 g/mol. The van der Waals surface area contributed by atoms with Gasteiger partial charge in [0.05, 0.1) is 11.9 Å². The Morgan fingerprint density at radius 1 is 1.36 bits per heavy atom. The molecule has 0 aromatic carbocycles. The van der Waals surface area contributed by atoms with E-state index in [0.717, 1.165) is 6.42 Å². The van der Waals surface area contributed by atoms with Crippen LogP contribution in [0, 0.1) is 5.92 Å². The maximum Gasteiger partial charge on any atom is 0.211 e. The Hall–Kier alpha value is -0.130. The largest absolute Gasteiger partial charge is 0.392 e. The second kappa shape index (κ2) is 6.37. The fourth-order valence-corrected chi connectivity index (χ4v) is 2.60. The van der Waals surface area contributed by atoms with Crippen molar-refractivity contribution in [3.63, 3.8) is 0 Å². The lowest BCUT2D eigenvalue weighted by Crippen LogP contribution is -2.34. The highest BCUT2D eigenvalue weighted by atomic mass is 32.2. The summed E-state index contributed by atoms with van der Waals surface area (Å²) in [6, 6.07) is 0. The van der Waals surface area contributed by atoms with Gasteiger partial charge < -0.3 is 5.11 Å². The SMILES string of the molecule is CCCC(O)CNS(=O)(=O)CC(C)C. The topological polar surface area (TPSA) is 66.4 Å². The van der Waals surface area contributed by atoms with E-state index in [1.54, 1.807) is 0 Å². The number of hydrogen-bond acceptors (Lipinski definition) is 3. The van der Waals surface area contributed by atoms with Crippen molar-refractivity contribution < 1.29 is 13.5 Å². The van der Waals surface area contributed by atoms with Gasteiger partial charge in [0.15, 0.2) is 0 Å². The lowest BCUT2D eigenvalue weighted by atomic mass is 10.2. The molecule has 0 aromatic rings. The zero-order valence-corrected chi connectivity index (χ0v) is 9.97. The summed E-state index contributed by atoms with van der Waals surface area (Å²) in [5, 5.41) is 9.32. The van der Waals surface area contributed by atoms with Gasteiger partial charge in [0.1, 0.15) is 0 Å². The fourth-order valence-electron chi connectivity index (χ4n) is 1.16. The average Bonchev–Trinajstić information content (AvgIpc) is 1.99. The van der Waals surface area contributed by atoms with Crippen LogP contribution >= 0.6 is 0 Å². The minimum Gasteiger partial charge on any atom is -0.392 e. The molecule has 0 aromatic heterocycles. The van der Waals surface area contributed by atoms with Gasteiger partial charge in [0.25, 0.3) is 0 Å². The number of aliphatic hydroxyl groups excluding tert-OH is 1. The number of nitrogens with one attached hydrogen (secondary N) is 1. The van der Waals surface area contributed by atoms with E-state index in [2.05, 4.69) is 4.72 Å². The third kappa shape index (κ3) is 7.29. The first-order chi connectivity index (χ1) is 6.37. The van der Waals surface area contributed by atoms with Gasteiger partial charge in [0, 0.05) is 6.54 Å². The molecule has 0 saturated heterocycles. The van der Waals surface area contributed by atoms with Crippen LogP contribution in [0.4, 0.5) is 0 Å². The molecule has 14 heavy (non-hydrogen) atoms. The van der Waals surface area contributed by atoms with E-state index in [9.17, 15) is 13.5 Å². The van der Waals surface area contributed by atoms with Crippen LogP contribution in [-0.2, 0) is 10.0 Å². The Morgan fingerprint density at radius 3 is 2.36 bits per heavy atom. The molecule has 0 fully saturated rings. The Bertz CT molecular complexity index is 236. The van der Waals surface area contributed by atoms with E-state index in [4.69, 9.17) is 0 Å². The second-order valence-corrected chi connectivity index (χ2v) is 5.82. The first kappa shape index (κ1) is 13.9. The van der Waals surface area contributed by atoms with E-state index in [-0.39, 0.29) is 18.2 Å². The Kier molecular flexibility index (Phi) is 6.31. The minimum absolute atomic E-state index is 0.107. The number of aliphatic hydroxyl groups is 1. The maximum atomic E-state index is 11.3. The molecule has 5 heteroatoms. The molecule has 0 radical (unpaired) electrons. The molecule has 0 aliphatic carbocycles. The van der Waals surface area contributed by atoms with Crippen LogP contribution in [-0.4, -0.2) is 31.9 Å².